The second-order valence-corrected chi connectivity index (χ2v) is 5.52. The molecule has 3 N–H and O–H groups in total. The molecule has 0 saturated heterocycles. The molecular formula is C9H21N3O3S. The first-order chi connectivity index (χ1) is 7.44. The molecular weight excluding hydrogens is 230 g/mol. The van der Waals surface area contributed by atoms with Crippen LogP contribution in [0, 0.1) is 5.41 Å². The number of amidine groups is 1. The smallest absolute Gasteiger partial charge is 0.214 e. The molecule has 0 aliphatic heterocycles. The summed E-state index contributed by atoms with van der Waals surface area (Å²) in [5.74, 6) is 0.0811. The molecule has 0 aromatic rings. The van der Waals surface area contributed by atoms with Gasteiger partial charge in [0, 0.05) is 33.2 Å². The average Bonchev–Trinajstić information content (AvgIpc) is 2.18. The zero-order valence-electron chi connectivity index (χ0n) is 9.90. The largest absolute Gasteiger partial charge is 0.388 e. The third-order valence-electron chi connectivity index (χ3n) is 2.13. The molecule has 96 valence electrons. The van der Waals surface area contributed by atoms with Crippen molar-refractivity contribution < 1.29 is 13.2 Å². The number of hydrogen-bond donors (Lipinski definition) is 2. The highest BCUT2D eigenvalue weighted by molar-refractivity contribution is 7.89. The van der Waals surface area contributed by atoms with Gasteiger partial charge in [-0.2, -0.15) is 0 Å². The number of rotatable bonds is 9. The standard InChI is InChI=1S/C9H21N3O3S/c1-3-12(6-5-9(10)11)16(13,14)8-4-7-15-2/h3-8H2,1-2H3,(H3,10,11). The second kappa shape index (κ2) is 7.59. The van der Waals surface area contributed by atoms with Crippen LogP contribution in [0.15, 0.2) is 0 Å². The van der Waals surface area contributed by atoms with Crippen molar-refractivity contribution in [3.63, 3.8) is 0 Å². The van der Waals surface area contributed by atoms with Crippen molar-refractivity contribution in [2.75, 3.05) is 32.6 Å². The van der Waals surface area contributed by atoms with E-state index >= 15 is 0 Å². The Morgan fingerprint density at radius 1 is 1.50 bits per heavy atom. The van der Waals surface area contributed by atoms with Crippen molar-refractivity contribution >= 4 is 15.9 Å². The van der Waals surface area contributed by atoms with Gasteiger partial charge in [0.1, 0.15) is 0 Å². The van der Waals surface area contributed by atoms with Gasteiger partial charge in [-0.25, -0.2) is 12.7 Å². The van der Waals surface area contributed by atoms with Gasteiger partial charge >= 0.3 is 0 Å². The average molecular weight is 251 g/mol. The number of ether oxygens (including phenoxy) is 1. The van der Waals surface area contributed by atoms with Crippen LogP contribution in [0.5, 0.6) is 0 Å². The Bertz CT molecular complexity index is 303. The Hall–Kier alpha value is -0.660. The molecule has 6 nitrogen and oxygen atoms in total. The molecule has 0 aliphatic carbocycles. The van der Waals surface area contributed by atoms with Gasteiger partial charge in [0.2, 0.25) is 10.0 Å². The monoisotopic (exact) mass is 251 g/mol. The molecule has 0 heterocycles. The fourth-order valence-electron chi connectivity index (χ4n) is 1.25. The molecule has 0 aromatic heterocycles. The SMILES string of the molecule is CCN(CCC(=N)N)S(=O)(=O)CCCOC. The second-order valence-electron chi connectivity index (χ2n) is 3.43. The molecule has 0 rings (SSSR count). The van der Waals surface area contributed by atoms with Crippen molar-refractivity contribution in [1.29, 1.82) is 5.41 Å². The van der Waals surface area contributed by atoms with Gasteiger partial charge in [0.25, 0.3) is 0 Å². The van der Waals surface area contributed by atoms with E-state index in [-0.39, 0.29) is 24.6 Å². The first-order valence-corrected chi connectivity index (χ1v) is 6.84. The van der Waals surface area contributed by atoms with Crippen molar-refractivity contribution in [2.24, 2.45) is 5.73 Å². The van der Waals surface area contributed by atoms with Crippen molar-refractivity contribution in [3.8, 4) is 0 Å². The highest BCUT2D eigenvalue weighted by Gasteiger charge is 2.19. The summed E-state index contributed by atoms with van der Waals surface area (Å²) in [7, 11) is -1.70. The van der Waals surface area contributed by atoms with Crippen LogP contribution in [-0.2, 0) is 14.8 Å². The third-order valence-corrected chi connectivity index (χ3v) is 4.16. The summed E-state index contributed by atoms with van der Waals surface area (Å²) >= 11 is 0. The minimum atomic E-state index is -3.24. The maximum atomic E-state index is 11.8. The van der Waals surface area contributed by atoms with Gasteiger partial charge in [-0.1, -0.05) is 6.92 Å². The number of sulfonamides is 1. The molecule has 0 aromatic carbocycles. The minimum Gasteiger partial charge on any atom is -0.388 e. The highest BCUT2D eigenvalue weighted by atomic mass is 32.2. The summed E-state index contributed by atoms with van der Waals surface area (Å²) in [5, 5.41) is 7.07. The lowest BCUT2D eigenvalue weighted by Gasteiger charge is -2.19. The van der Waals surface area contributed by atoms with E-state index in [4.69, 9.17) is 15.9 Å². The van der Waals surface area contributed by atoms with Crippen LogP contribution in [0.2, 0.25) is 0 Å². The Kier molecular flexibility index (Phi) is 7.27. The summed E-state index contributed by atoms with van der Waals surface area (Å²) in [5.41, 5.74) is 5.20. The van der Waals surface area contributed by atoms with Gasteiger partial charge in [-0.3, -0.25) is 5.41 Å². The summed E-state index contributed by atoms with van der Waals surface area (Å²) in [4.78, 5) is 0. The quantitative estimate of drug-likeness (QED) is 0.342. The van der Waals surface area contributed by atoms with Crippen LogP contribution in [-0.4, -0.2) is 51.1 Å². The Morgan fingerprint density at radius 3 is 2.56 bits per heavy atom. The molecule has 16 heavy (non-hydrogen) atoms. The molecule has 0 radical (unpaired) electrons. The van der Waals surface area contributed by atoms with Crippen LogP contribution in [0.25, 0.3) is 0 Å². The van der Waals surface area contributed by atoms with Gasteiger partial charge in [-0.05, 0) is 6.42 Å². The molecule has 0 bridgehead atoms. The van der Waals surface area contributed by atoms with Crippen LogP contribution in [0.3, 0.4) is 0 Å². The van der Waals surface area contributed by atoms with E-state index < -0.39 is 10.0 Å². The molecule has 0 spiro atoms. The van der Waals surface area contributed by atoms with E-state index in [1.807, 2.05) is 0 Å². The predicted octanol–water partition coefficient (Wildman–Crippen LogP) is 0.000670. The van der Waals surface area contributed by atoms with E-state index in [0.29, 0.717) is 19.6 Å². The van der Waals surface area contributed by atoms with Crippen LogP contribution >= 0.6 is 0 Å². The number of methoxy groups -OCH3 is 1. The summed E-state index contributed by atoms with van der Waals surface area (Å²) in [6.45, 7) is 2.89. The van der Waals surface area contributed by atoms with Crippen LogP contribution < -0.4 is 5.73 Å². The van der Waals surface area contributed by atoms with Crippen LogP contribution in [0.1, 0.15) is 19.8 Å². The third kappa shape index (κ3) is 6.04. The van der Waals surface area contributed by atoms with Gasteiger partial charge in [0.15, 0.2) is 0 Å². The number of nitrogens with zero attached hydrogens (tertiary/aromatic N) is 1. The highest BCUT2D eigenvalue weighted by Crippen LogP contribution is 2.04. The van der Waals surface area contributed by atoms with Gasteiger partial charge < -0.3 is 10.5 Å². The first-order valence-electron chi connectivity index (χ1n) is 5.23. The Balaban J connectivity index is 4.25. The lowest BCUT2D eigenvalue weighted by molar-refractivity contribution is 0.199. The molecule has 0 aliphatic rings. The molecule has 7 heteroatoms. The lowest BCUT2D eigenvalue weighted by atomic mass is 10.4. The Labute approximate surface area is 97.3 Å². The first kappa shape index (κ1) is 15.3. The fourth-order valence-corrected chi connectivity index (χ4v) is 2.76. The predicted molar refractivity (Wildman–Crippen MR) is 64.1 cm³/mol. The normalized spacial score (nSPS) is 11.9. The molecule has 0 saturated carbocycles. The molecule has 0 unspecified atom stereocenters. The summed E-state index contributed by atoms with van der Waals surface area (Å²) < 4.78 is 29.8. The minimum absolute atomic E-state index is 0.00513. The Morgan fingerprint density at radius 2 is 2.12 bits per heavy atom. The molecule has 0 amide bonds. The lowest BCUT2D eigenvalue weighted by Crippen LogP contribution is -2.35. The van der Waals surface area contributed by atoms with E-state index in [1.165, 1.54) is 4.31 Å². The molecule has 0 atom stereocenters. The van der Waals surface area contributed by atoms with Crippen LogP contribution in [0.4, 0.5) is 0 Å². The number of hydrogen-bond acceptors (Lipinski definition) is 4. The van der Waals surface area contributed by atoms with Gasteiger partial charge in [-0.15, -0.1) is 0 Å². The van der Waals surface area contributed by atoms with Crippen molar-refractivity contribution in [1.82, 2.24) is 4.31 Å². The van der Waals surface area contributed by atoms with Crippen molar-refractivity contribution in [3.05, 3.63) is 0 Å². The van der Waals surface area contributed by atoms with E-state index in [0.717, 1.165) is 0 Å². The maximum Gasteiger partial charge on any atom is 0.214 e. The van der Waals surface area contributed by atoms with Crippen molar-refractivity contribution in [2.45, 2.75) is 19.8 Å². The molecule has 0 fully saturated rings. The zero-order valence-corrected chi connectivity index (χ0v) is 10.7. The zero-order chi connectivity index (χ0) is 12.6. The van der Waals surface area contributed by atoms with E-state index in [9.17, 15) is 8.42 Å². The maximum absolute atomic E-state index is 11.8. The summed E-state index contributed by atoms with van der Waals surface area (Å²) in [6.07, 6.45) is 0.757. The summed E-state index contributed by atoms with van der Waals surface area (Å²) in [6, 6.07) is 0. The number of nitrogens with two attached hydrogens (primary N) is 1. The number of nitrogens with one attached hydrogen (secondary N) is 1. The van der Waals surface area contributed by atoms with E-state index in [1.54, 1.807) is 14.0 Å². The topological polar surface area (TPSA) is 96.5 Å². The van der Waals surface area contributed by atoms with Gasteiger partial charge in [0.05, 0.1) is 11.6 Å². The van der Waals surface area contributed by atoms with E-state index in [2.05, 4.69) is 0 Å². The fraction of sp³-hybridized carbons (Fsp3) is 0.889.